The number of amides is 2. The van der Waals surface area contributed by atoms with Crippen LogP contribution in [0.15, 0.2) is 79.4 Å². The van der Waals surface area contributed by atoms with Crippen molar-refractivity contribution in [3.8, 4) is 17.4 Å². The molecule has 2 N–H and O–H groups in total. The minimum Gasteiger partial charge on any atom is -0.439 e. The van der Waals surface area contributed by atoms with Gasteiger partial charge in [-0.25, -0.2) is 19.4 Å². The number of hydrogen-bond donors (Lipinski definition) is 2. The van der Waals surface area contributed by atoms with E-state index in [-0.39, 0.29) is 11.6 Å². The zero-order valence-electron chi connectivity index (χ0n) is 16.2. The highest BCUT2D eigenvalue weighted by atomic mass is 19.4. The second-order valence-corrected chi connectivity index (χ2v) is 6.41. The highest BCUT2D eigenvalue weighted by molar-refractivity contribution is 6.00. The molecule has 0 aliphatic carbocycles. The zero-order chi connectivity index (χ0) is 22.6. The van der Waals surface area contributed by atoms with Crippen LogP contribution in [0.3, 0.4) is 0 Å². The third-order valence-electron chi connectivity index (χ3n) is 4.18. The summed E-state index contributed by atoms with van der Waals surface area (Å²) in [6.07, 6.45) is 0.101. The molecule has 0 aliphatic heterocycles. The van der Waals surface area contributed by atoms with Crippen molar-refractivity contribution in [1.82, 2.24) is 19.7 Å². The number of ether oxygens (including phenoxy) is 1. The number of halogens is 3. The molecule has 11 heteroatoms. The van der Waals surface area contributed by atoms with Gasteiger partial charge in [0.25, 0.3) is 0 Å². The predicted molar refractivity (Wildman–Crippen MR) is 110 cm³/mol. The topological polar surface area (TPSA) is 94.0 Å². The first-order chi connectivity index (χ1) is 15.4. The number of hydrogen-bond acceptors (Lipinski definition) is 5. The quantitative estimate of drug-likeness (QED) is 0.449. The van der Waals surface area contributed by atoms with E-state index in [0.717, 1.165) is 6.07 Å². The van der Waals surface area contributed by atoms with Crippen molar-refractivity contribution in [3.63, 3.8) is 0 Å². The fourth-order valence-electron chi connectivity index (χ4n) is 2.77. The van der Waals surface area contributed by atoms with E-state index in [1.54, 1.807) is 53.5 Å². The molecule has 0 atom stereocenters. The predicted octanol–water partition coefficient (Wildman–Crippen LogP) is 5.12. The van der Waals surface area contributed by atoms with E-state index in [1.807, 2.05) is 0 Å². The molecular formula is C21H15F3N6O2. The van der Waals surface area contributed by atoms with Gasteiger partial charge in [-0.2, -0.15) is 18.3 Å². The highest BCUT2D eigenvalue weighted by Crippen LogP contribution is 2.34. The van der Waals surface area contributed by atoms with Gasteiger partial charge in [0.1, 0.15) is 12.1 Å². The van der Waals surface area contributed by atoms with Gasteiger partial charge in [0.2, 0.25) is 5.88 Å². The van der Waals surface area contributed by atoms with Crippen molar-refractivity contribution < 1.29 is 22.7 Å². The van der Waals surface area contributed by atoms with Crippen LogP contribution in [0, 0.1) is 0 Å². The lowest BCUT2D eigenvalue weighted by atomic mass is 10.1. The maximum absolute atomic E-state index is 13.1. The van der Waals surface area contributed by atoms with Gasteiger partial charge in [0.15, 0.2) is 5.82 Å². The highest BCUT2D eigenvalue weighted by Gasteiger charge is 2.33. The summed E-state index contributed by atoms with van der Waals surface area (Å²) in [5, 5.41) is 8.78. The molecule has 4 aromatic rings. The summed E-state index contributed by atoms with van der Waals surface area (Å²) in [4.78, 5) is 20.3. The Kier molecular flexibility index (Phi) is 5.71. The van der Waals surface area contributed by atoms with E-state index >= 15 is 0 Å². The second-order valence-electron chi connectivity index (χ2n) is 6.41. The van der Waals surface area contributed by atoms with Crippen molar-refractivity contribution >= 4 is 17.4 Å². The van der Waals surface area contributed by atoms with Crippen molar-refractivity contribution in [2.75, 3.05) is 10.6 Å². The van der Waals surface area contributed by atoms with E-state index in [4.69, 9.17) is 4.74 Å². The average Bonchev–Trinajstić information content (AvgIpc) is 3.30. The van der Waals surface area contributed by atoms with Gasteiger partial charge >= 0.3 is 12.2 Å². The van der Waals surface area contributed by atoms with Gasteiger partial charge in [-0.05, 0) is 42.5 Å². The Morgan fingerprint density at radius 1 is 0.969 bits per heavy atom. The molecule has 0 bridgehead atoms. The number of alkyl halides is 3. The number of nitrogens with zero attached hydrogens (tertiary/aromatic N) is 4. The lowest BCUT2D eigenvalue weighted by Crippen LogP contribution is -2.21. The molecule has 0 saturated carbocycles. The third-order valence-corrected chi connectivity index (χ3v) is 4.18. The number of carbonyl (C=O) groups excluding carboxylic acids is 1. The first-order valence-electron chi connectivity index (χ1n) is 9.23. The summed E-state index contributed by atoms with van der Waals surface area (Å²) in [5.74, 6) is 1.24. The van der Waals surface area contributed by atoms with Crippen molar-refractivity contribution in [1.29, 1.82) is 0 Å². The van der Waals surface area contributed by atoms with E-state index < -0.39 is 17.8 Å². The first-order valence-corrected chi connectivity index (χ1v) is 9.23. The Bertz CT molecular complexity index is 1210. The molecule has 0 unspecified atom stereocenters. The number of rotatable bonds is 5. The van der Waals surface area contributed by atoms with Crippen LogP contribution in [0.1, 0.15) is 5.56 Å². The maximum Gasteiger partial charge on any atom is 0.418 e. The molecule has 2 amide bonds. The minimum atomic E-state index is -4.58. The van der Waals surface area contributed by atoms with E-state index in [9.17, 15) is 18.0 Å². The number of benzene rings is 2. The fourth-order valence-corrected chi connectivity index (χ4v) is 2.77. The standard InChI is InChI=1S/C21H15F3N6O2/c22-21(23,24)16-4-1-2-5-17(16)29-20(31)28-14-6-8-15(9-7-14)32-19-12-18(25-13-26-19)30-11-3-10-27-30/h1-13H,(H2,28,29,31). The number of urea groups is 1. The Labute approximate surface area is 179 Å². The molecule has 0 radical (unpaired) electrons. The summed E-state index contributed by atoms with van der Waals surface area (Å²) in [6, 6.07) is 13.5. The van der Waals surface area contributed by atoms with E-state index in [1.165, 1.54) is 24.5 Å². The van der Waals surface area contributed by atoms with Crippen LogP contribution in [0.4, 0.5) is 29.3 Å². The number of nitrogens with one attached hydrogen (secondary N) is 2. The molecule has 162 valence electrons. The molecule has 0 fully saturated rings. The molecular weight excluding hydrogens is 425 g/mol. The van der Waals surface area contributed by atoms with Gasteiger partial charge in [-0.3, -0.25) is 0 Å². The van der Waals surface area contributed by atoms with Crippen molar-refractivity contribution in [3.05, 3.63) is 84.9 Å². The molecule has 0 aliphatic rings. The lowest BCUT2D eigenvalue weighted by molar-refractivity contribution is -0.136. The Morgan fingerprint density at radius 3 is 2.47 bits per heavy atom. The average molecular weight is 440 g/mol. The summed E-state index contributed by atoms with van der Waals surface area (Å²) in [7, 11) is 0. The normalized spacial score (nSPS) is 11.1. The van der Waals surface area contributed by atoms with Gasteiger partial charge in [0.05, 0.1) is 11.3 Å². The molecule has 32 heavy (non-hydrogen) atoms. The first kappa shape index (κ1) is 20.8. The smallest absolute Gasteiger partial charge is 0.418 e. The number of anilines is 2. The summed E-state index contributed by atoms with van der Waals surface area (Å²) in [6.45, 7) is 0. The van der Waals surface area contributed by atoms with Crippen LogP contribution in [-0.4, -0.2) is 25.8 Å². The van der Waals surface area contributed by atoms with Crippen LogP contribution >= 0.6 is 0 Å². The van der Waals surface area contributed by atoms with Crippen LogP contribution in [-0.2, 0) is 6.18 Å². The van der Waals surface area contributed by atoms with Crippen LogP contribution in [0.25, 0.3) is 5.82 Å². The van der Waals surface area contributed by atoms with Gasteiger partial charge in [-0.1, -0.05) is 12.1 Å². The number of para-hydroxylation sites is 1. The fraction of sp³-hybridized carbons (Fsp3) is 0.0476. The minimum absolute atomic E-state index is 0.285. The molecule has 2 aromatic carbocycles. The molecule has 8 nitrogen and oxygen atoms in total. The Morgan fingerprint density at radius 2 is 1.75 bits per heavy atom. The molecule has 2 heterocycles. The lowest BCUT2D eigenvalue weighted by Gasteiger charge is -2.14. The van der Waals surface area contributed by atoms with Crippen molar-refractivity contribution in [2.24, 2.45) is 0 Å². The third kappa shape index (κ3) is 5.01. The van der Waals surface area contributed by atoms with Gasteiger partial charge in [0, 0.05) is 24.1 Å². The van der Waals surface area contributed by atoms with E-state index in [0.29, 0.717) is 17.3 Å². The van der Waals surface area contributed by atoms with Crippen molar-refractivity contribution in [2.45, 2.75) is 6.18 Å². The van der Waals surface area contributed by atoms with Crippen LogP contribution < -0.4 is 15.4 Å². The zero-order valence-corrected chi connectivity index (χ0v) is 16.2. The summed E-state index contributed by atoms with van der Waals surface area (Å²) >= 11 is 0. The Hall–Kier alpha value is -4.41. The largest absolute Gasteiger partial charge is 0.439 e. The molecule has 0 saturated heterocycles. The second kappa shape index (κ2) is 8.76. The molecule has 4 rings (SSSR count). The summed E-state index contributed by atoms with van der Waals surface area (Å²) in [5.41, 5.74) is -0.910. The SMILES string of the molecule is O=C(Nc1ccc(Oc2cc(-n3cccn3)ncn2)cc1)Nc1ccccc1C(F)(F)F. The van der Waals surface area contributed by atoms with Gasteiger partial charge < -0.3 is 15.4 Å². The van der Waals surface area contributed by atoms with Crippen LogP contribution in [0.5, 0.6) is 11.6 Å². The van der Waals surface area contributed by atoms with Crippen LogP contribution in [0.2, 0.25) is 0 Å². The molecule has 2 aromatic heterocycles. The maximum atomic E-state index is 13.1. The Balaban J connectivity index is 1.40. The van der Waals surface area contributed by atoms with E-state index in [2.05, 4.69) is 25.7 Å². The number of carbonyl (C=O) groups is 1. The number of aromatic nitrogens is 4. The van der Waals surface area contributed by atoms with Gasteiger partial charge in [-0.15, -0.1) is 0 Å². The summed E-state index contributed by atoms with van der Waals surface area (Å²) < 4.78 is 46.4. The monoisotopic (exact) mass is 440 g/mol. The molecule has 0 spiro atoms.